The molecule has 3 rings (SSSR count). The van der Waals surface area contributed by atoms with Gasteiger partial charge in [-0.2, -0.15) is 4.80 Å². The number of amides is 1. The maximum atomic E-state index is 11.3. The molecule has 0 aliphatic heterocycles. The number of nitrogens with zero attached hydrogens (tertiary/aromatic N) is 5. The third-order valence-corrected chi connectivity index (χ3v) is 2.72. The molecule has 0 aliphatic carbocycles. The van der Waals surface area contributed by atoms with Crippen LogP contribution in [0.2, 0.25) is 0 Å². The first-order valence-electron chi connectivity index (χ1n) is 6.04. The molecule has 106 valence electrons. The van der Waals surface area contributed by atoms with Gasteiger partial charge in [-0.3, -0.25) is 15.2 Å². The molecule has 0 saturated heterocycles. The zero-order chi connectivity index (χ0) is 14.7. The molecule has 0 spiro atoms. The quantitative estimate of drug-likeness (QED) is 0.392. The smallest absolute Gasteiger partial charge is 0.266 e. The Morgan fingerprint density at radius 1 is 1.38 bits per heavy atom. The lowest BCUT2D eigenvalue weighted by atomic mass is 10.2. The first kappa shape index (κ1) is 12.9. The summed E-state index contributed by atoms with van der Waals surface area (Å²) in [5, 5.41) is 12.0. The van der Waals surface area contributed by atoms with Crippen LogP contribution in [-0.4, -0.2) is 31.1 Å². The van der Waals surface area contributed by atoms with Gasteiger partial charge in [-0.15, -0.1) is 10.2 Å². The van der Waals surface area contributed by atoms with Gasteiger partial charge >= 0.3 is 0 Å². The summed E-state index contributed by atoms with van der Waals surface area (Å²) in [6, 6.07) is 6.81. The summed E-state index contributed by atoms with van der Waals surface area (Å²) in [7, 11) is 0. The monoisotopic (exact) mass is 285 g/mol. The van der Waals surface area contributed by atoms with Crippen LogP contribution in [-0.2, 0) is 6.54 Å². The van der Waals surface area contributed by atoms with Gasteiger partial charge in [0.25, 0.3) is 5.91 Å². The second-order valence-corrected chi connectivity index (χ2v) is 4.13. The number of rotatable bonds is 4. The van der Waals surface area contributed by atoms with E-state index in [9.17, 15) is 4.79 Å². The van der Waals surface area contributed by atoms with E-state index in [-0.39, 0.29) is 0 Å². The standard InChI is InChI=1S/C12H11N7O2/c13-15-12(20)8-3-4-9(14-6-8)7-19-17-11(16-18-19)10-2-1-5-21-10/h1-6H,7,13H2,(H,15,20). The number of hydrogen-bond donors (Lipinski definition) is 2. The zero-order valence-corrected chi connectivity index (χ0v) is 10.8. The van der Waals surface area contributed by atoms with E-state index in [1.165, 1.54) is 11.0 Å². The summed E-state index contributed by atoms with van der Waals surface area (Å²) in [5.41, 5.74) is 3.11. The highest BCUT2D eigenvalue weighted by Crippen LogP contribution is 2.13. The van der Waals surface area contributed by atoms with Crippen molar-refractivity contribution < 1.29 is 9.21 Å². The highest BCUT2D eigenvalue weighted by atomic mass is 16.3. The number of hydrogen-bond acceptors (Lipinski definition) is 7. The van der Waals surface area contributed by atoms with Crippen molar-refractivity contribution in [3.8, 4) is 11.6 Å². The molecule has 0 fully saturated rings. The fraction of sp³-hybridized carbons (Fsp3) is 0.0833. The van der Waals surface area contributed by atoms with Crippen LogP contribution >= 0.6 is 0 Å². The molecule has 9 nitrogen and oxygen atoms in total. The SMILES string of the molecule is NNC(=O)c1ccc(Cn2nnc(-c3ccco3)n2)nc1. The maximum Gasteiger partial charge on any atom is 0.266 e. The van der Waals surface area contributed by atoms with Gasteiger partial charge in [-0.05, 0) is 29.5 Å². The Morgan fingerprint density at radius 2 is 2.29 bits per heavy atom. The molecule has 9 heteroatoms. The summed E-state index contributed by atoms with van der Waals surface area (Å²) in [6.07, 6.45) is 2.97. The molecule has 0 atom stereocenters. The molecular formula is C12H11N7O2. The van der Waals surface area contributed by atoms with Crippen molar-refractivity contribution in [3.63, 3.8) is 0 Å². The summed E-state index contributed by atoms with van der Waals surface area (Å²) in [5.74, 6) is 5.60. The molecule has 0 radical (unpaired) electrons. The number of tetrazole rings is 1. The van der Waals surface area contributed by atoms with E-state index in [0.717, 1.165) is 0 Å². The molecule has 1 amide bonds. The van der Waals surface area contributed by atoms with Gasteiger partial charge in [0.05, 0.1) is 17.5 Å². The van der Waals surface area contributed by atoms with Crippen LogP contribution in [0.25, 0.3) is 11.6 Å². The molecule has 0 unspecified atom stereocenters. The number of carbonyl (C=O) groups is 1. The topological polar surface area (TPSA) is 125 Å². The summed E-state index contributed by atoms with van der Waals surface area (Å²) < 4.78 is 5.19. The van der Waals surface area contributed by atoms with E-state index in [1.54, 1.807) is 30.5 Å². The van der Waals surface area contributed by atoms with E-state index in [4.69, 9.17) is 10.3 Å². The highest BCUT2D eigenvalue weighted by molar-refractivity contribution is 5.93. The van der Waals surface area contributed by atoms with E-state index in [1.807, 2.05) is 5.43 Å². The Kier molecular flexibility index (Phi) is 3.39. The van der Waals surface area contributed by atoms with Gasteiger partial charge in [-0.25, -0.2) is 5.84 Å². The Bertz CT molecular complexity index is 733. The Hall–Kier alpha value is -3.07. The molecule has 3 N–H and O–H groups in total. The molecule has 0 saturated carbocycles. The number of carbonyl (C=O) groups excluding carboxylic acids is 1. The van der Waals surface area contributed by atoms with Gasteiger partial charge in [-0.1, -0.05) is 0 Å². The lowest BCUT2D eigenvalue weighted by Crippen LogP contribution is -2.30. The molecular weight excluding hydrogens is 274 g/mol. The van der Waals surface area contributed by atoms with Crippen molar-refractivity contribution in [1.82, 2.24) is 30.6 Å². The fourth-order valence-corrected chi connectivity index (χ4v) is 1.70. The van der Waals surface area contributed by atoms with Crippen LogP contribution in [0.4, 0.5) is 0 Å². The average Bonchev–Trinajstić information content (AvgIpc) is 3.18. The van der Waals surface area contributed by atoms with E-state index >= 15 is 0 Å². The van der Waals surface area contributed by atoms with Gasteiger partial charge in [0.2, 0.25) is 5.82 Å². The van der Waals surface area contributed by atoms with Crippen LogP contribution in [0.3, 0.4) is 0 Å². The van der Waals surface area contributed by atoms with Crippen molar-refractivity contribution in [1.29, 1.82) is 0 Å². The van der Waals surface area contributed by atoms with Gasteiger partial charge < -0.3 is 4.42 Å². The fourth-order valence-electron chi connectivity index (χ4n) is 1.70. The zero-order valence-electron chi connectivity index (χ0n) is 10.8. The number of nitrogens with one attached hydrogen (secondary N) is 1. The molecule has 0 aliphatic rings. The maximum absolute atomic E-state index is 11.3. The average molecular weight is 285 g/mol. The Morgan fingerprint density at radius 3 is 2.95 bits per heavy atom. The van der Waals surface area contributed by atoms with E-state index < -0.39 is 5.91 Å². The number of pyridine rings is 1. The van der Waals surface area contributed by atoms with Crippen LogP contribution in [0.1, 0.15) is 16.1 Å². The molecule has 21 heavy (non-hydrogen) atoms. The number of hydrazine groups is 1. The molecule has 3 heterocycles. The first-order chi connectivity index (χ1) is 10.3. The lowest BCUT2D eigenvalue weighted by Gasteiger charge is -2.01. The molecule has 3 aromatic rings. The van der Waals surface area contributed by atoms with Crippen molar-refractivity contribution >= 4 is 5.91 Å². The number of aromatic nitrogens is 5. The van der Waals surface area contributed by atoms with Crippen molar-refractivity contribution in [2.24, 2.45) is 5.84 Å². The normalized spacial score (nSPS) is 10.5. The van der Waals surface area contributed by atoms with Gasteiger partial charge in [0.1, 0.15) is 6.54 Å². The minimum absolute atomic E-state index is 0.332. The molecule has 0 bridgehead atoms. The number of nitrogens with two attached hydrogens (primary N) is 1. The molecule has 0 aromatic carbocycles. The number of furan rings is 1. The van der Waals surface area contributed by atoms with Crippen molar-refractivity contribution in [2.45, 2.75) is 6.54 Å². The van der Waals surface area contributed by atoms with Gasteiger partial charge in [0.15, 0.2) is 5.76 Å². The van der Waals surface area contributed by atoms with Crippen LogP contribution < -0.4 is 11.3 Å². The van der Waals surface area contributed by atoms with Crippen LogP contribution in [0, 0.1) is 0 Å². The highest BCUT2D eigenvalue weighted by Gasteiger charge is 2.09. The summed E-state index contributed by atoms with van der Waals surface area (Å²) >= 11 is 0. The number of nitrogen functional groups attached to an aromatic ring is 1. The largest absolute Gasteiger partial charge is 0.461 e. The predicted molar refractivity (Wildman–Crippen MR) is 70.5 cm³/mol. The Labute approximate surface area is 118 Å². The summed E-state index contributed by atoms with van der Waals surface area (Å²) in [6.45, 7) is 0.332. The molecule has 3 aromatic heterocycles. The van der Waals surface area contributed by atoms with E-state index in [2.05, 4.69) is 20.4 Å². The van der Waals surface area contributed by atoms with Crippen molar-refractivity contribution in [3.05, 3.63) is 48.0 Å². The van der Waals surface area contributed by atoms with Crippen LogP contribution in [0.5, 0.6) is 0 Å². The van der Waals surface area contributed by atoms with E-state index in [0.29, 0.717) is 29.4 Å². The summed E-state index contributed by atoms with van der Waals surface area (Å²) in [4.78, 5) is 16.8. The Balaban J connectivity index is 1.73. The third-order valence-electron chi connectivity index (χ3n) is 2.72. The first-order valence-corrected chi connectivity index (χ1v) is 6.04. The minimum atomic E-state index is -0.395. The lowest BCUT2D eigenvalue weighted by molar-refractivity contribution is 0.0953. The second-order valence-electron chi connectivity index (χ2n) is 4.13. The van der Waals surface area contributed by atoms with Crippen LogP contribution in [0.15, 0.2) is 41.1 Å². The van der Waals surface area contributed by atoms with Gasteiger partial charge in [0, 0.05) is 6.20 Å². The van der Waals surface area contributed by atoms with Crippen molar-refractivity contribution in [2.75, 3.05) is 0 Å². The minimum Gasteiger partial charge on any atom is -0.461 e. The predicted octanol–water partition coefficient (Wildman–Crippen LogP) is -0.0201. The third kappa shape index (κ3) is 2.77. The second kappa shape index (κ2) is 5.51.